The van der Waals surface area contributed by atoms with Gasteiger partial charge in [0, 0.05) is 11.6 Å². The molecule has 7 nitrogen and oxygen atoms in total. The normalized spacial score (nSPS) is 10.2. The maximum absolute atomic E-state index is 11.9. The molecule has 0 saturated heterocycles. The molecule has 8 heteroatoms. The van der Waals surface area contributed by atoms with E-state index in [4.69, 9.17) is 4.74 Å². The molecule has 1 amide bonds. The van der Waals surface area contributed by atoms with Crippen LogP contribution in [-0.2, 0) is 27.3 Å². The van der Waals surface area contributed by atoms with Crippen LogP contribution >= 0.6 is 11.3 Å². The number of amides is 1. The first kappa shape index (κ1) is 15.9. The zero-order valence-corrected chi connectivity index (χ0v) is 12.8. The number of hydrogen-bond donors (Lipinski definition) is 1. The molecular weight excluding hydrogens is 306 g/mol. The van der Waals surface area contributed by atoms with Gasteiger partial charge < -0.3 is 14.6 Å². The Hall–Kier alpha value is -2.48. The zero-order valence-electron chi connectivity index (χ0n) is 11.9. The number of nitrogens with one attached hydrogen (secondary N) is 1. The summed E-state index contributed by atoms with van der Waals surface area (Å²) in [6, 6.07) is 3.32. The molecular formula is C14H15N3O4S. The van der Waals surface area contributed by atoms with E-state index in [0.717, 1.165) is 0 Å². The summed E-state index contributed by atoms with van der Waals surface area (Å²) in [5.74, 6) is -0.648. The lowest BCUT2D eigenvalue weighted by atomic mass is 10.3. The van der Waals surface area contributed by atoms with Crippen LogP contribution in [0.25, 0.3) is 0 Å². The molecule has 0 aliphatic carbocycles. The van der Waals surface area contributed by atoms with Gasteiger partial charge >= 0.3 is 5.97 Å². The SMILES string of the molecule is CCOC(=O)Cc1csc(NC(=O)Cn2cccc2C=O)n1. The largest absolute Gasteiger partial charge is 0.466 e. The Balaban J connectivity index is 1.91. The van der Waals surface area contributed by atoms with Crippen LogP contribution in [0.5, 0.6) is 0 Å². The number of thiazole rings is 1. The Morgan fingerprint density at radius 1 is 1.50 bits per heavy atom. The number of nitrogens with zero attached hydrogens (tertiary/aromatic N) is 2. The minimum Gasteiger partial charge on any atom is -0.466 e. The summed E-state index contributed by atoms with van der Waals surface area (Å²) in [6.07, 6.45) is 2.42. The molecule has 2 aromatic rings. The summed E-state index contributed by atoms with van der Waals surface area (Å²) < 4.78 is 6.37. The smallest absolute Gasteiger partial charge is 0.311 e. The first-order valence-electron chi connectivity index (χ1n) is 6.62. The van der Waals surface area contributed by atoms with E-state index in [1.165, 1.54) is 15.9 Å². The van der Waals surface area contributed by atoms with Crippen LogP contribution in [0.15, 0.2) is 23.7 Å². The molecule has 2 heterocycles. The molecule has 1 N–H and O–H groups in total. The summed E-state index contributed by atoms with van der Waals surface area (Å²) in [4.78, 5) is 38.2. The van der Waals surface area contributed by atoms with E-state index in [2.05, 4.69) is 10.3 Å². The van der Waals surface area contributed by atoms with E-state index in [0.29, 0.717) is 29.4 Å². The van der Waals surface area contributed by atoms with Crippen molar-refractivity contribution in [2.24, 2.45) is 0 Å². The maximum Gasteiger partial charge on any atom is 0.311 e. The van der Waals surface area contributed by atoms with Gasteiger partial charge in [0.25, 0.3) is 0 Å². The third-order valence-electron chi connectivity index (χ3n) is 2.73. The Kier molecular flexibility index (Phi) is 5.42. The fourth-order valence-corrected chi connectivity index (χ4v) is 2.52. The Bertz CT molecular complexity index is 677. The van der Waals surface area contributed by atoms with Gasteiger partial charge in [-0.15, -0.1) is 11.3 Å². The molecule has 0 aliphatic heterocycles. The van der Waals surface area contributed by atoms with Crippen molar-refractivity contribution in [2.75, 3.05) is 11.9 Å². The quantitative estimate of drug-likeness (QED) is 0.616. The lowest BCUT2D eigenvalue weighted by Gasteiger charge is -2.04. The molecule has 0 aromatic carbocycles. The standard InChI is InChI=1S/C14H15N3O4S/c1-2-21-13(20)6-10-9-22-14(15-10)16-12(19)7-17-5-3-4-11(17)8-18/h3-5,8-9H,2,6-7H2,1H3,(H,15,16,19). The van der Waals surface area contributed by atoms with Crippen LogP contribution in [0.1, 0.15) is 23.1 Å². The van der Waals surface area contributed by atoms with Gasteiger partial charge in [-0.2, -0.15) is 0 Å². The minimum absolute atomic E-state index is 0.0217. The summed E-state index contributed by atoms with van der Waals surface area (Å²) in [5.41, 5.74) is 0.977. The number of anilines is 1. The molecule has 0 radical (unpaired) electrons. The molecule has 2 aromatic heterocycles. The number of rotatable bonds is 7. The molecule has 0 fully saturated rings. The van der Waals surface area contributed by atoms with Gasteiger partial charge in [0.15, 0.2) is 11.4 Å². The van der Waals surface area contributed by atoms with E-state index in [1.54, 1.807) is 30.6 Å². The van der Waals surface area contributed by atoms with Crippen LogP contribution in [0.2, 0.25) is 0 Å². The van der Waals surface area contributed by atoms with E-state index >= 15 is 0 Å². The number of aromatic nitrogens is 2. The van der Waals surface area contributed by atoms with Crippen molar-refractivity contribution in [3.05, 3.63) is 35.1 Å². The molecule has 0 unspecified atom stereocenters. The highest BCUT2D eigenvalue weighted by Crippen LogP contribution is 2.16. The van der Waals surface area contributed by atoms with Crippen molar-refractivity contribution in [3.63, 3.8) is 0 Å². The molecule has 0 spiro atoms. The summed E-state index contributed by atoms with van der Waals surface area (Å²) in [7, 11) is 0. The number of hydrogen-bond acceptors (Lipinski definition) is 6. The highest BCUT2D eigenvalue weighted by atomic mass is 32.1. The number of aldehydes is 1. The van der Waals surface area contributed by atoms with Gasteiger partial charge in [0.05, 0.1) is 24.4 Å². The van der Waals surface area contributed by atoms with Gasteiger partial charge in [0.1, 0.15) is 6.54 Å². The summed E-state index contributed by atoms with van der Waals surface area (Å²) >= 11 is 1.23. The molecule has 2 rings (SSSR count). The molecule has 0 atom stereocenters. The first-order valence-corrected chi connectivity index (χ1v) is 7.50. The van der Waals surface area contributed by atoms with Gasteiger partial charge in [-0.3, -0.25) is 14.4 Å². The average molecular weight is 321 g/mol. The topological polar surface area (TPSA) is 90.3 Å². The van der Waals surface area contributed by atoms with Gasteiger partial charge in [-0.25, -0.2) is 4.98 Å². The predicted octanol–water partition coefficient (Wildman–Crippen LogP) is 1.50. The van der Waals surface area contributed by atoms with Crippen LogP contribution < -0.4 is 5.32 Å². The number of ether oxygens (including phenoxy) is 1. The first-order chi connectivity index (χ1) is 10.6. The third kappa shape index (κ3) is 4.26. The van der Waals surface area contributed by atoms with E-state index in [1.807, 2.05) is 0 Å². The van der Waals surface area contributed by atoms with Crippen LogP contribution in [-0.4, -0.2) is 34.3 Å². The number of carbonyl (C=O) groups excluding carboxylic acids is 3. The minimum atomic E-state index is -0.353. The van der Waals surface area contributed by atoms with Crippen LogP contribution in [0.3, 0.4) is 0 Å². The van der Waals surface area contributed by atoms with Gasteiger partial charge in [0.2, 0.25) is 5.91 Å². The van der Waals surface area contributed by atoms with Crippen molar-refractivity contribution in [2.45, 2.75) is 19.9 Å². The number of carbonyl (C=O) groups is 3. The van der Waals surface area contributed by atoms with Crippen LogP contribution in [0, 0.1) is 0 Å². The lowest BCUT2D eigenvalue weighted by molar-refractivity contribution is -0.142. The van der Waals surface area contributed by atoms with Gasteiger partial charge in [-0.05, 0) is 19.1 Å². The maximum atomic E-state index is 11.9. The van der Waals surface area contributed by atoms with Gasteiger partial charge in [-0.1, -0.05) is 0 Å². The van der Waals surface area contributed by atoms with Crippen molar-refractivity contribution >= 4 is 34.6 Å². The second-order valence-corrected chi connectivity index (χ2v) is 5.21. The van der Waals surface area contributed by atoms with Crippen molar-refractivity contribution in [1.82, 2.24) is 9.55 Å². The number of esters is 1. The fourth-order valence-electron chi connectivity index (χ4n) is 1.80. The molecule has 116 valence electrons. The van der Waals surface area contributed by atoms with Crippen molar-refractivity contribution in [1.29, 1.82) is 0 Å². The summed E-state index contributed by atoms with van der Waals surface area (Å²) in [5, 5.41) is 4.74. The van der Waals surface area contributed by atoms with E-state index < -0.39 is 0 Å². The summed E-state index contributed by atoms with van der Waals surface area (Å²) in [6.45, 7) is 2.08. The van der Waals surface area contributed by atoms with Crippen LogP contribution in [0.4, 0.5) is 5.13 Å². The Morgan fingerprint density at radius 3 is 3.05 bits per heavy atom. The predicted molar refractivity (Wildman–Crippen MR) is 80.9 cm³/mol. The average Bonchev–Trinajstić information content (AvgIpc) is 3.08. The van der Waals surface area contributed by atoms with E-state index in [-0.39, 0.29) is 24.8 Å². The van der Waals surface area contributed by atoms with Crippen molar-refractivity contribution in [3.8, 4) is 0 Å². The lowest BCUT2D eigenvalue weighted by Crippen LogP contribution is -2.19. The second kappa shape index (κ2) is 7.51. The Labute approximate surface area is 130 Å². The van der Waals surface area contributed by atoms with E-state index in [9.17, 15) is 14.4 Å². The highest BCUT2D eigenvalue weighted by molar-refractivity contribution is 7.13. The molecule has 0 bridgehead atoms. The Morgan fingerprint density at radius 2 is 2.32 bits per heavy atom. The molecule has 0 aliphatic rings. The molecule has 22 heavy (non-hydrogen) atoms. The zero-order chi connectivity index (χ0) is 15.9. The molecule has 0 saturated carbocycles. The fraction of sp³-hybridized carbons (Fsp3) is 0.286. The monoisotopic (exact) mass is 321 g/mol. The second-order valence-electron chi connectivity index (χ2n) is 4.35. The third-order valence-corrected chi connectivity index (χ3v) is 3.53. The van der Waals surface area contributed by atoms with Crippen molar-refractivity contribution < 1.29 is 19.1 Å². The highest BCUT2D eigenvalue weighted by Gasteiger charge is 2.11.